The molecule has 0 unspecified atom stereocenters. The summed E-state index contributed by atoms with van der Waals surface area (Å²) in [4.78, 5) is 49.6. The van der Waals surface area contributed by atoms with Gasteiger partial charge < -0.3 is 9.47 Å². The summed E-state index contributed by atoms with van der Waals surface area (Å²) >= 11 is 0. The van der Waals surface area contributed by atoms with Crippen molar-refractivity contribution < 1.29 is 28.7 Å². The molecule has 1 aromatic rings. The van der Waals surface area contributed by atoms with Crippen LogP contribution in [-0.2, 0) is 25.7 Å². The van der Waals surface area contributed by atoms with Gasteiger partial charge in [-0.15, -0.1) is 0 Å². The normalized spacial score (nSPS) is 21.8. The highest BCUT2D eigenvalue weighted by Gasteiger charge is 2.48. The summed E-state index contributed by atoms with van der Waals surface area (Å²) in [6, 6.07) is 4.88. The van der Waals surface area contributed by atoms with Gasteiger partial charge in [0.05, 0.1) is 18.9 Å². The maximum atomic E-state index is 12.4. The van der Waals surface area contributed by atoms with Crippen molar-refractivity contribution in [3.8, 4) is 5.75 Å². The summed E-state index contributed by atoms with van der Waals surface area (Å²) in [7, 11) is 1.48. The first kappa shape index (κ1) is 19.1. The second kappa shape index (κ2) is 7.90. The minimum atomic E-state index is -0.661. The van der Waals surface area contributed by atoms with E-state index in [1.807, 2.05) is 0 Å². The number of ketones is 1. The number of nitrogens with zero attached hydrogens (tertiary/aromatic N) is 1. The molecule has 2 fully saturated rings. The number of carbonyl (C=O) groups excluding carboxylic acids is 4. The number of amides is 2. The molecule has 0 aromatic heterocycles. The van der Waals surface area contributed by atoms with Crippen LogP contribution in [0.1, 0.15) is 48.5 Å². The maximum Gasteiger partial charge on any atom is 0.326 e. The molecule has 7 nitrogen and oxygen atoms in total. The molecule has 1 heterocycles. The van der Waals surface area contributed by atoms with Gasteiger partial charge in [0.2, 0.25) is 11.8 Å². The number of ether oxygens (including phenoxy) is 2. The van der Waals surface area contributed by atoms with E-state index in [0.717, 1.165) is 17.7 Å². The molecule has 1 aliphatic heterocycles. The van der Waals surface area contributed by atoms with E-state index in [1.54, 1.807) is 18.2 Å². The van der Waals surface area contributed by atoms with E-state index in [1.165, 1.54) is 14.0 Å². The van der Waals surface area contributed by atoms with Crippen LogP contribution in [0.2, 0.25) is 0 Å². The van der Waals surface area contributed by atoms with Gasteiger partial charge in [0.25, 0.3) is 0 Å². The molecule has 27 heavy (non-hydrogen) atoms. The number of methoxy groups -OCH3 is 1. The Kier molecular flexibility index (Phi) is 5.58. The molecule has 144 valence electrons. The fourth-order valence-corrected chi connectivity index (χ4v) is 3.83. The zero-order chi connectivity index (χ0) is 19.6. The third-order valence-electron chi connectivity index (χ3n) is 5.30. The second-order valence-corrected chi connectivity index (χ2v) is 7.00. The van der Waals surface area contributed by atoms with Crippen LogP contribution in [0.15, 0.2) is 18.2 Å². The van der Waals surface area contributed by atoms with Gasteiger partial charge >= 0.3 is 5.97 Å². The highest BCUT2D eigenvalue weighted by molar-refractivity contribution is 6.07. The number of hydrogen-bond donors (Lipinski definition) is 0. The molecule has 1 aliphatic carbocycles. The van der Waals surface area contributed by atoms with E-state index < -0.39 is 5.97 Å². The van der Waals surface area contributed by atoms with E-state index in [0.29, 0.717) is 29.7 Å². The SMILES string of the molecule is COc1ccc(C(C)=O)cc1COC(=O)CN1C(=O)[C@@H]2CCCC[C@H]2C1=O. The van der Waals surface area contributed by atoms with Crippen molar-refractivity contribution in [1.82, 2.24) is 4.90 Å². The lowest BCUT2D eigenvalue weighted by Gasteiger charge is -2.19. The van der Waals surface area contributed by atoms with Crippen LogP contribution in [0.25, 0.3) is 0 Å². The van der Waals surface area contributed by atoms with Gasteiger partial charge in [0.1, 0.15) is 18.9 Å². The molecule has 1 aromatic carbocycles. The zero-order valence-electron chi connectivity index (χ0n) is 15.5. The Bertz CT molecular complexity index is 763. The summed E-state index contributed by atoms with van der Waals surface area (Å²) < 4.78 is 10.5. The van der Waals surface area contributed by atoms with Crippen molar-refractivity contribution in [2.24, 2.45) is 11.8 Å². The molecule has 0 N–H and O–H groups in total. The number of rotatable bonds is 6. The predicted molar refractivity (Wildman–Crippen MR) is 95.0 cm³/mol. The fraction of sp³-hybridized carbons (Fsp3) is 0.500. The molecule has 0 radical (unpaired) electrons. The molecule has 2 aliphatic rings. The minimum absolute atomic E-state index is 0.105. The van der Waals surface area contributed by atoms with Crippen molar-refractivity contribution in [3.05, 3.63) is 29.3 Å². The highest BCUT2D eigenvalue weighted by Crippen LogP contribution is 2.37. The Morgan fingerprint density at radius 2 is 1.74 bits per heavy atom. The van der Waals surface area contributed by atoms with Crippen molar-refractivity contribution in [2.45, 2.75) is 39.2 Å². The average molecular weight is 373 g/mol. The van der Waals surface area contributed by atoms with E-state index >= 15 is 0 Å². The summed E-state index contributed by atoms with van der Waals surface area (Å²) in [5.74, 6) is -1.38. The zero-order valence-corrected chi connectivity index (χ0v) is 15.5. The van der Waals surface area contributed by atoms with Gasteiger partial charge in [-0.1, -0.05) is 12.8 Å². The number of esters is 1. The summed E-state index contributed by atoms with van der Waals surface area (Å²) in [5.41, 5.74) is 1.03. The third kappa shape index (κ3) is 3.86. The first-order valence-corrected chi connectivity index (χ1v) is 9.11. The van der Waals surface area contributed by atoms with Crippen LogP contribution in [0.5, 0.6) is 5.75 Å². The van der Waals surface area contributed by atoms with Gasteiger partial charge in [0.15, 0.2) is 5.78 Å². The van der Waals surface area contributed by atoms with Crippen LogP contribution >= 0.6 is 0 Å². The number of benzene rings is 1. The summed E-state index contributed by atoms with van der Waals surface area (Å²) in [5, 5.41) is 0. The molecule has 7 heteroatoms. The number of Topliss-reactive ketones (excluding diaryl/α,β-unsaturated/α-hetero) is 1. The van der Waals surface area contributed by atoms with Crippen LogP contribution in [0.4, 0.5) is 0 Å². The van der Waals surface area contributed by atoms with Gasteiger partial charge in [-0.2, -0.15) is 0 Å². The first-order chi connectivity index (χ1) is 12.9. The summed E-state index contributed by atoms with van der Waals surface area (Å²) in [6.45, 7) is 0.965. The highest BCUT2D eigenvalue weighted by atomic mass is 16.5. The predicted octanol–water partition coefficient (Wildman–Crippen LogP) is 2.12. The van der Waals surface area contributed by atoms with Gasteiger partial charge in [-0.3, -0.25) is 24.1 Å². The van der Waals surface area contributed by atoms with Gasteiger partial charge in [0, 0.05) is 11.1 Å². The van der Waals surface area contributed by atoms with Crippen molar-refractivity contribution in [3.63, 3.8) is 0 Å². The molecule has 1 saturated heterocycles. The standard InChI is InChI=1S/C20H23NO6/c1-12(22)13-7-8-17(26-2)14(9-13)11-27-18(23)10-21-19(24)15-5-3-4-6-16(15)20(21)25/h7-9,15-16H,3-6,10-11H2,1-2H3/t15-,16-/m1/s1. The molecular formula is C20H23NO6. The molecule has 0 bridgehead atoms. The molecule has 0 spiro atoms. The Morgan fingerprint density at radius 3 is 2.30 bits per heavy atom. The van der Waals surface area contributed by atoms with Crippen LogP contribution in [0.3, 0.4) is 0 Å². The largest absolute Gasteiger partial charge is 0.496 e. The molecule has 1 saturated carbocycles. The Balaban J connectivity index is 1.63. The van der Waals surface area contributed by atoms with E-state index in [4.69, 9.17) is 9.47 Å². The van der Waals surface area contributed by atoms with E-state index in [2.05, 4.69) is 0 Å². The van der Waals surface area contributed by atoms with Crippen LogP contribution in [0, 0.1) is 11.8 Å². The number of carbonyl (C=O) groups is 4. The average Bonchev–Trinajstić information content (AvgIpc) is 2.91. The molecular weight excluding hydrogens is 350 g/mol. The van der Waals surface area contributed by atoms with Gasteiger partial charge in [-0.25, -0.2) is 0 Å². The van der Waals surface area contributed by atoms with Crippen LogP contribution < -0.4 is 4.74 Å². The minimum Gasteiger partial charge on any atom is -0.496 e. The topological polar surface area (TPSA) is 90.0 Å². The lowest BCUT2D eigenvalue weighted by atomic mass is 9.81. The lowest BCUT2D eigenvalue weighted by molar-refractivity contribution is -0.153. The van der Waals surface area contributed by atoms with Crippen molar-refractivity contribution in [2.75, 3.05) is 13.7 Å². The number of likely N-dealkylation sites (tertiary alicyclic amines) is 1. The van der Waals surface area contributed by atoms with Crippen molar-refractivity contribution >= 4 is 23.6 Å². The molecule has 2 amide bonds. The van der Waals surface area contributed by atoms with Crippen LogP contribution in [-0.4, -0.2) is 42.1 Å². The summed E-state index contributed by atoms with van der Waals surface area (Å²) in [6.07, 6.45) is 3.28. The molecule has 2 atom stereocenters. The lowest BCUT2D eigenvalue weighted by Crippen LogP contribution is -2.36. The monoisotopic (exact) mass is 373 g/mol. The maximum absolute atomic E-state index is 12.4. The quantitative estimate of drug-likeness (QED) is 0.431. The molecule has 3 rings (SSSR count). The fourth-order valence-electron chi connectivity index (χ4n) is 3.83. The van der Waals surface area contributed by atoms with Gasteiger partial charge in [-0.05, 0) is 38.0 Å². The Labute approximate surface area is 157 Å². The van der Waals surface area contributed by atoms with Crippen molar-refractivity contribution in [1.29, 1.82) is 0 Å². The Morgan fingerprint density at radius 1 is 1.11 bits per heavy atom. The van der Waals surface area contributed by atoms with E-state index in [9.17, 15) is 19.2 Å². The third-order valence-corrected chi connectivity index (χ3v) is 5.30. The Hall–Kier alpha value is -2.70. The number of hydrogen-bond acceptors (Lipinski definition) is 6. The number of fused-ring (bicyclic) bond motifs is 1. The number of imide groups is 1. The first-order valence-electron chi connectivity index (χ1n) is 9.11. The van der Waals surface area contributed by atoms with E-state index in [-0.39, 0.29) is 42.6 Å². The second-order valence-electron chi connectivity index (χ2n) is 7.00. The smallest absolute Gasteiger partial charge is 0.326 e.